The number of rotatable bonds is 8. The first kappa shape index (κ1) is 22.7. The third-order valence-electron chi connectivity index (χ3n) is 6.72. The van der Waals surface area contributed by atoms with Gasteiger partial charge in [0.15, 0.2) is 0 Å². The minimum Gasteiger partial charge on any atom is -0.351 e. The summed E-state index contributed by atoms with van der Waals surface area (Å²) in [6.45, 7) is 12.2. The summed E-state index contributed by atoms with van der Waals surface area (Å²) in [5.74, 6) is -0.576. The van der Waals surface area contributed by atoms with Gasteiger partial charge in [-0.1, -0.05) is 6.92 Å². The molecule has 2 amide bonds. The second kappa shape index (κ2) is 10.0. The van der Waals surface area contributed by atoms with Gasteiger partial charge in [0, 0.05) is 57.6 Å². The van der Waals surface area contributed by atoms with E-state index < -0.39 is 0 Å². The highest BCUT2D eigenvalue weighted by Crippen LogP contribution is 2.37. The third-order valence-corrected chi connectivity index (χ3v) is 6.72. The van der Waals surface area contributed by atoms with E-state index in [1.54, 1.807) is 11.0 Å². The van der Waals surface area contributed by atoms with Crippen LogP contribution in [0.2, 0.25) is 0 Å². The monoisotopic (exact) mass is 443 g/mol. The van der Waals surface area contributed by atoms with Crippen molar-refractivity contribution in [2.24, 2.45) is 0 Å². The van der Waals surface area contributed by atoms with Crippen LogP contribution in [0, 0.1) is 5.82 Å². The molecule has 2 aliphatic rings. The van der Waals surface area contributed by atoms with Gasteiger partial charge in [-0.05, 0) is 51.1 Å². The van der Waals surface area contributed by atoms with Crippen molar-refractivity contribution in [3.8, 4) is 0 Å². The van der Waals surface area contributed by atoms with Crippen molar-refractivity contribution in [3.05, 3.63) is 29.7 Å². The smallest absolute Gasteiger partial charge is 0.270 e. The molecule has 0 saturated carbocycles. The number of benzene rings is 1. The lowest BCUT2D eigenvalue weighted by Gasteiger charge is -2.33. The number of amides is 2. The van der Waals surface area contributed by atoms with Crippen molar-refractivity contribution in [2.45, 2.75) is 39.7 Å². The maximum absolute atomic E-state index is 14.1. The van der Waals surface area contributed by atoms with Gasteiger partial charge in [-0.15, -0.1) is 0 Å². The van der Waals surface area contributed by atoms with E-state index in [0.717, 1.165) is 57.6 Å². The van der Waals surface area contributed by atoms with Gasteiger partial charge in [0.1, 0.15) is 11.5 Å². The van der Waals surface area contributed by atoms with E-state index in [4.69, 9.17) is 0 Å². The highest BCUT2D eigenvalue weighted by molar-refractivity contribution is 6.14. The average Bonchev–Trinajstić information content (AvgIpc) is 3.36. The topological polar surface area (TPSA) is 60.8 Å². The molecule has 0 atom stereocenters. The fourth-order valence-corrected chi connectivity index (χ4v) is 4.94. The Morgan fingerprint density at radius 2 is 1.81 bits per heavy atom. The van der Waals surface area contributed by atoms with Gasteiger partial charge in [-0.3, -0.25) is 9.59 Å². The lowest BCUT2D eigenvalue weighted by molar-refractivity contribution is -0.117. The van der Waals surface area contributed by atoms with Crippen molar-refractivity contribution >= 4 is 28.4 Å². The molecule has 174 valence electrons. The molecule has 2 saturated heterocycles. The first-order valence-corrected chi connectivity index (χ1v) is 11.9. The number of carbonyl (C=O) groups excluding carboxylic acids is 2. The van der Waals surface area contributed by atoms with E-state index in [0.29, 0.717) is 42.8 Å². The molecule has 2 aliphatic heterocycles. The number of nitrogens with one attached hydrogen (secondary N) is 1. The SMILES string of the molecule is CCN1CCN(CCCNC(=O)c2c(N3CCCC3=O)c3cc(F)ccc3n2CC)CC1. The summed E-state index contributed by atoms with van der Waals surface area (Å²) in [4.78, 5) is 32.4. The molecule has 0 unspecified atom stereocenters. The highest BCUT2D eigenvalue weighted by Gasteiger charge is 2.31. The molecule has 7 nitrogen and oxygen atoms in total. The first-order valence-electron chi connectivity index (χ1n) is 11.9. The number of hydrogen-bond donors (Lipinski definition) is 1. The van der Waals surface area contributed by atoms with E-state index in [1.165, 1.54) is 12.1 Å². The van der Waals surface area contributed by atoms with Gasteiger partial charge in [-0.25, -0.2) is 4.39 Å². The largest absolute Gasteiger partial charge is 0.351 e. The Hall–Kier alpha value is -2.45. The zero-order valence-electron chi connectivity index (χ0n) is 19.2. The van der Waals surface area contributed by atoms with E-state index in [1.807, 2.05) is 11.5 Å². The van der Waals surface area contributed by atoms with Crippen molar-refractivity contribution in [3.63, 3.8) is 0 Å². The number of hydrogen-bond acceptors (Lipinski definition) is 4. The zero-order valence-corrected chi connectivity index (χ0v) is 19.2. The molecule has 3 heterocycles. The Kier molecular flexibility index (Phi) is 7.10. The standard InChI is InChI=1S/C24H34FN5O2/c1-3-27-13-15-28(16-14-27)11-6-10-26-24(32)23-22(30-12-5-7-21(30)31)19-17-18(25)8-9-20(19)29(23)4-2/h8-9,17H,3-7,10-16H2,1-2H3,(H,26,32). The Morgan fingerprint density at radius 3 is 2.47 bits per heavy atom. The number of anilines is 1. The molecule has 0 bridgehead atoms. The minimum atomic E-state index is -0.367. The number of nitrogens with zero attached hydrogens (tertiary/aromatic N) is 4. The number of carbonyl (C=O) groups is 2. The quantitative estimate of drug-likeness (QED) is 0.638. The maximum Gasteiger partial charge on any atom is 0.270 e. The van der Waals surface area contributed by atoms with E-state index >= 15 is 0 Å². The molecule has 2 aromatic rings. The number of likely N-dealkylation sites (N-methyl/N-ethyl adjacent to an activating group) is 1. The molecule has 32 heavy (non-hydrogen) atoms. The third kappa shape index (κ3) is 4.52. The fourth-order valence-electron chi connectivity index (χ4n) is 4.94. The zero-order chi connectivity index (χ0) is 22.7. The van der Waals surface area contributed by atoms with Gasteiger partial charge in [0.2, 0.25) is 5.91 Å². The highest BCUT2D eigenvalue weighted by atomic mass is 19.1. The summed E-state index contributed by atoms with van der Waals surface area (Å²) < 4.78 is 16.0. The first-order chi connectivity index (χ1) is 15.5. The number of piperazine rings is 1. The average molecular weight is 444 g/mol. The van der Waals surface area contributed by atoms with Gasteiger partial charge < -0.3 is 24.6 Å². The number of fused-ring (bicyclic) bond motifs is 1. The number of aromatic nitrogens is 1. The van der Waals surface area contributed by atoms with Crippen LogP contribution >= 0.6 is 0 Å². The molecule has 1 N–H and O–H groups in total. The van der Waals surface area contributed by atoms with E-state index in [9.17, 15) is 14.0 Å². The van der Waals surface area contributed by atoms with Crippen LogP contribution in [0.5, 0.6) is 0 Å². The Labute approximate surface area is 189 Å². The van der Waals surface area contributed by atoms with Crippen LogP contribution in [0.4, 0.5) is 10.1 Å². The lowest BCUT2D eigenvalue weighted by atomic mass is 10.2. The predicted molar refractivity (Wildman–Crippen MR) is 125 cm³/mol. The molecule has 2 fully saturated rings. The molecular formula is C24H34FN5O2. The summed E-state index contributed by atoms with van der Waals surface area (Å²) in [6.07, 6.45) is 2.08. The second-order valence-electron chi connectivity index (χ2n) is 8.64. The molecule has 0 radical (unpaired) electrons. The van der Waals surface area contributed by atoms with Crippen molar-refractivity contribution in [2.75, 3.05) is 57.3 Å². The molecule has 8 heteroatoms. The summed E-state index contributed by atoms with van der Waals surface area (Å²) in [5.41, 5.74) is 1.79. The van der Waals surface area contributed by atoms with Crippen molar-refractivity contribution < 1.29 is 14.0 Å². The summed E-state index contributed by atoms with van der Waals surface area (Å²) in [6, 6.07) is 4.55. The van der Waals surface area contributed by atoms with Gasteiger partial charge >= 0.3 is 0 Å². The van der Waals surface area contributed by atoms with Gasteiger partial charge in [0.05, 0.1) is 11.2 Å². The fraction of sp³-hybridized carbons (Fsp3) is 0.583. The molecule has 1 aromatic carbocycles. The number of halogens is 1. The van der Waals surface area contributed by atoms with Crippen LogP contribution in [-0.4, -0.2) is 78.5 Å². The van der Waals surface area contributed by atoms with Crippen molar-refractivity contribution in [1.29, 1.82) is 0 Å². The van der Waals surface area contributed by atoms with Crippen LogP contribution in [0.25, 0.3) is 10.9 Å². The normalized spacial score (nSPS) is 18.1. The molecule has 0 aliphatic carbocycles. The van der Waals surface area contributed by atoms with Crippen LogP contribution in [0.1, 0.15) is 43.6 Å². The van der Waals surface area contributed by atoms with Gasteiger partial charge in [-0.2, -0.15) is 0 Å². The number of aryl methyl sites for hydroxylation is 1. The van der Waals surface area contributed by atoms with E-state index in [-0.39, 0.29) is 17.6 Å². The predicted octanol–water partition coefficient (Wildman–Crippen LogP) is 2.68. The molecule has 0 spiro atoms. The Bertz CT molecular complexity index is 980. The Morgan fingerprint density at radius 1 is 1.06 bits per heavy atom. The van der Waals surface area contributed by atoms with Crippen LogP contribution in [0.15, 0.2) is 18.2 Å². The van der Waals surface area contributed by atoms with Crippen LogP contribution in [-0.2, 0) is 11.3 Å². The second-order valence-corrected chi connectivity index (χ2v) is 8.64. The maximum atomic E-state index is 14.1. The summed E-state index contributed by atoms with van der Waals surface area (Å²) >= 11 is 0. The van der Waals surface area contributed by atoms with Gasteiger partial charge in [0.25, 0.3) is 5.91 Å². The Balaban J connectivity index is 1.50. The molecule has 4 rings (SSSR count). The minimum absolute atomic E-state index is 0.00955. The van der Waals surface area contributed by atoms with Crippen LogP contribution in [0.3, 0.4) is 0 Å². The van der Waals surface area contributed by atoms with E-state index in [2.05, 4.69) is 22.0 Å². The molecule has 1 aromatic heterocycles. The summed E-state index contributed by atoms with van der Waals surface area (Å²) in [5, 5.41) is 3.68. The van der Waals surface area contributed by atoms with Crippen LogP contribution < -0.4 is 10.2 Å². The molecular weight excluding hydrogens is 409 g/mol. The lowest BCUT2D eigenvalue weighted by Crippen LogP contribution is -2.46. The van der Waals surface area contributed by atoms with Crippen molar-refractivity contribution in [1.82, 2.24) is 19.7 Å². The summed E-state index contributed by atoms with van der Waals surface area (Å²) in [7, 11) is 0.